The molecule has 1 aromatic carbocycles. The molecule has 1 saturated carbocycles. The number of sulfonamides is 1. The molecule has 3 unspecified atom stereocenters. The van der Waals surface area contributed by atoms with Crippen molar-refractivity contribution in [3.05, 3.63) is 29.8 Å². The van der Waals surface area contributed by atoms with Gasteiger partial charge >= 0.3 is 0 Å². The van der Waals surface area contributed by atoms with Crippen molar-refractivity contribution in [2.45, 2.75) is 54.8 Å². The predicted molar refractivity (Wildman–Crippen MR) is 88.9 cm³/mol. The molecule has 1 aromatic rings. The van der Waals surface area contributed by atoms with E-state index in [-0.39, 0.29) is 10.9 Å². The van der Waals surface area contributed by atoms with Gasteiger partial charge in [-0.3, -0.25) is 0 Å². The van der Waals surface area contributed by atoms with Gasteiger partial charge in [0.25, 0.3) is 0 Å². The molecule has 1 aliphatic rings. The second-order valence-electron chi connectivity index (χ2n) is 5.67. The second-order valence-corrected chi connectivity index (χ2v) is 8.31. The zero-order valence-corrected chi connectivity index (χ0v) is 14.2. The predicted octanol–water partition coefficient (Wildman–Crippen LogP) is 2.66. The molecular weight excluding hydrogens is 304 g/mol. The van der Waals surface area contributed by atoms with Crippen molar-refractivity contribution in [1.29, 1.82) is 0 Å². The van der Waals surface area contributed by atoms with Gasteiger partial charge in [0.1, 0.15) is 0 Å². The van der Waals surface area contributed by atoms with Crippen LogP contribution in [0, 0.1) is 0 Å². The zero-order chi connectivity index (χ0) is 15.5. The van der Waals surface area contributed by atoms with Crippen molar-refractivity contribution in [3.63, 3.8) is 0 Å². The monoisotopic (exact) mass is 328 g/mol. The lowest BCUT2D eigenvalue weighted by Crippen LogP contribution is -2.41. The number of hydrogen-bond acceptors (Lipinski definition) is 4. The topological polar surface area (TPSA) is 72.2 Å². The first-order valence-corrected chi connectivity index (χ1v) is 10.2. The Balaban J connectivity index is 2.11. The lowest BCUT2D eigenvalue weighted by atomic mass is 9.93. The summed E-state index contributed by atoms with van der Waals surface area (Å²) in [6.45, 7) is 2.08. The Bertz CT molecular complexity index is 575. The van der Waals surface area contributed by atoms with Crippen molar-refractivity contribution in [2.75, 3.05) is 6.26 Å². The number of nitrogens with one attached hydrogen (secondary N) is 1. The van der Waals surface area contributed by atoms with E-state index in [0.29, 0.717) is 11.3 Å². The molecule has 0 saturated heterocycles. The summed E-state index contributed by atoms with van der Waals surface area (Å²) >= 11 is 1.92. The molecule has 0 heterocycles. The first-order valence-electron chi connectivity index (χ1n) is 7.33. The average molecular weight is 329 g/mol. The van der Waals surface area contributed by atoms with Gasteiger partial charge in [-0.05, 0) is 43.7 Å². The third-order valence-electron chi connectivity index (χ3n) is 4.16. The molecule has 3 N–H and O–H groups in total. The van der Waals surface area contributed by atoms with Crippen LogP contribution in [0.25, 0.3) is 0 Å². The Morgan fingerprint density at radius 1 is 1.33 bits per heavy atom. The summed E-state index contributed by atoms with van der Waals surface area (Å²) in [7, 11) is -3.64. The van der Waals surface area contributed by atoms with Crippen LogP contribution in [-0.4, -0.2) is 26.0 Å². The molecule has 0 radical (unpaired) electrons. The molecule has 0 amide bonds. The van der Waals surface area contributed by atoms with Crippen LogP contribution in [0.15, 0.2) is 29.2 Å². The van der Waals surface area contributed by atoms with Crippen LogP contribution in [0.4, 0.5) is 0 Å². The Morgan fingerprint density at radius 3 is 2.71 bits per heavy atom. The minimum Gasteiger partial charge on any atom is -0.306 e. The van der Waals surface area contributed by atoms with Gasteiger partial charge in [-0.1, -0.05) is 25.0 Å². The summed E-state index contributed by atoms with van der Waals surface area (Å²) in [4.78, 5) is 0.179. The Kier molecular flexibility index (Phi) is 5.71. The average Bonchev–Trinajstić information content (AvgIpc) is 2.47. The third kappa shape index (κ3) is 4.45. The van der Waals surface area contributed by atoms with Crippen LogP contribution in [0.2, 0.25) is 0 Å². The molecule has 1 fully saturated rings. The van der Waals surface area contributed by atoms with Gasteiger partial charge in [-0.2, -0.15) is 11.8 Å². The van der Waals surface area contributed by atoms with Gasteiger partial charge in [-0.15, -0.1) is 0 Å². The molecule has 4 nitrogen and oxygen atoms in total. The number of primary sulfonamides is 1. The van der Waals surface area contributed by atoms with Crippen LogP contribution in [0.5, 0.6) is 0 Å². The summed E-state index contributed by atoms with van der Waals surface area (Å²) in [5.41, 5.74) is 0.965. The van der Waals surface area contributed by atoms with Gasteiger partial charge in [0.15, 0.2) is 0 Å². The number of nitrogens with two attached hydrogens (primary N) is 1. The van der Waals surface area contributed by atoms with Crippen molar-refractivity contribution < 1.29 is 8.42 Å². The van der Waals surface area contributed by atoms with Crippen molar-refractivity contribution >= 4 is 21.8 Å². The lowest BCUT2D eigenvalue weighted by molar-refractivity contribution is 0.356. The van der Waals surface area contributed by atoms with E-state index in [1.165, 1.54) is 31.7 Å². The molecule has 0 aromatic heterocycles. The highest BCUT2D eigenvalue weighted by atomic mass is 32.2. The first kappa shape index (κ1) is 16.8. The van der Waals surface area contributed by atoms with E-state index >= 15 is 0 Å². The van der Waals surface area contributed by atoms with Crippen molar-refractivity contribution in [2.24, 2.45) is 5.14 Å². The summed E-state index contributed by atoms with van der Waals surface area (Å²) < 4.78 is 22.9. The van der Waals surface area contributed by atoms with E-state index in [0.717, 1.165) is 5.56 Å². The van der Waals surface area contributed by atoms with Gasteiger partial charge < -0.3 is 5.32 Å². The lowest BCUT2D eigenvalue weighted by Gasteiger charge is -2.33. The summed E-state index contributed by atoms with van der Waals surface area (Å²) in [6, 6.07) is 7.51. The normalized spacial score (nSPS) is 24.7. The smallest absolute Gasteiger partial charge is 0.238 e. The number of hydrogen-bond donors (Lipinski definition) is 2. The molecule has 3 atom stereocenters. The SMILES string of the molecule is CSC1CCCCC1NC(C)c1cccc(S(N)(=O)=O)c1. The molecular formula is C15H24N2O2S2. The fourth-order valence-corrected chi connectivity index (χ4v) is 4.46. The van der Waals surface area contributed by atoms with Crippen molar-refractivity contribution in [3.8, 4) is 0 Å². The minimum absolute atomic E-state index is 0.115. The molecule has 2 rings (SSSR count). The second kappa shape index (κ2) is 7.13. The maximum absolute atomic E-state index is 11.5. The standard InChI is InChI=1S/C15H24N2O2S2/c1-11(17-14-8-3-4-9-15(14)20-2)12-6-5-7-13(10-12)21(16,18)19/h5-7,10-11,14-15,17H,3-4,8-9H2,1-2H3,(H2,16,18,19). The molecule has 0 aliphatic heterocycles. The maximum atomic E-state index is 11.5. The van der Waals surface area contributed by atoms with Crippen LogP contribution >= 0.6 is 11.8 Å². The minimum atomic E-state index is -3.64. The van der Waals surface area contributed by atoms with Crippen LogP contribution in [0.3, 0.4) is 0 Å². The van der Waals surface area contributed by atoms with E-state index < -0.39 is 10.0 Å². The number of benzene rings is 1. The first-order chi connectivity index (χ1) is 9.91. The van der Waals surface area contributed by atoms with E-state index in [1.54, 1.807) is 12.1 Å². The quantitative estimate of drug-likeness (QED) is 0.871. The fraction of sp³-hybridized carbons (Fsp3) is 0.600. The van der Waals surface area contributed by atoms with E-state index in [4.69, 9.17) is 5.14 Å². The molecule has 1 aliphatic carbocycles. The Labute approximate surface area is 131 Å². The maximum Gasteiger partial charge on any atom is 0.238 e. The fourth-order valence-electron chi connectivity index (χ4n) is 2.95. The highest BCUT2D eigenvalue weighted by molar-refractivity contribution is 7.99. The Hall–Kier alpha value is -0.560. The van der Waals surface area contributed by atoms with E-state index in [2.05, 4.69) is 18.5 Å². The van der Waals surface area contributed by atoms with Gasteiger partial charge in [0.2, 0.25) is 10.0 Å². The van der Waals surface area contributed by atoms with E-state index in [1.807, 2.05) is 17.8 Å². The molecule has 6 heteroatoms. The van der Waals surface area contributed by atoms with Gasteiger partial charge in [0, 0.05) is 17.3 Å². The number of thioether (sulfide) groups is 1. The third-order valence-corrected chi connectivity index (χ3v) is 6.24. The highest BCUT2D eigenvalue weighted by Gasteiger charge is 2.25. The largest absolute Gasteiger partial charge is 0.306 e. The number of rotatable bonds is 5. The highest BCUT2D eigenvalue weighted by Crippen LogP contribution is 2.29. The summed E-state index contributed by atoms with van der Waals surface area (Å²) in [5, 5.41) is 9.50. The van der Waals surface area contributed by atoms with E-state index in [9.17, 15) is 8.42 Å². The molecule has 118 valence electrons. The summed E-state index contributed by atoms with van der Waals surface area (Å²) in [6.07, 6.45) is 7.17. The molecule has 0 spiro atoms. The van der Waals surface area contributed by atoms with Gasteiger partial charge in [-0.25, -0.2) is 13.6 Å². The van der Waals surface area contributed by atoms with Crippen molar-refractivity contribution in [1.82, 2.24) is 5.32 Å². The Morgan fingerprint density at radius 2 is 2.05 bits per heavy atom. The molecule has 0 bridgehead atoms. The zero-order valence-electron chi connectivity index (χ0n) is 12.6. The summed E-state index contributed by atoms with van der Waals surface area (Å²) in [5.74, 6) is 0. The van der Waals surface area contributed by atoms with Crippen LogP contribution in [-0.2, 0) is 10.0 Å². The van der Waals surface area contributed by atoms with Gasteiger partial charge in [0.05, 0.1) is 4.90 Å². The van der Waals surface area contributed by atoms with Crippen LogP contribution < -0.4 is 10.5 Å². The van der Waals surface area contributed by atoms with Crippen LogP contribution in [0.1, 0.15) is 44.2 Å². The molecule has 21 heavy (non-hydrogen) atoms.